The molecular weight excluding hydrogens is 910 g/mol. The fourth-order valence-corrected chi connectivity index (χ4v) is 9.94. The van der Waals surface area contributed by atoms with Crippen LogP contribution in [0.4, 0.5) is 4.79 Å². The third-order valence-electron chi connectivity index (χ3n) is 11.7. The Morgan fingerprint density at radius 1 is 0.677 bits per heavy atom. The van der Waals surface area contributed by atoms with Gasteiger partial charge < -0.3 is 33.9 Å². The maximum atomic E-state index is 12.6. The molecule has 0 bridgehead atoms. The summed E-state index contributed by atoms with van der Waals surface area (Å²) in [5.74, 6) is 4.46. The summed E-state index contributed by atoms with van der Waals surface area (Å²) in [6.45, 7) is 11.6. The number of hydrogen-bond donors (Lipinski definition) is 1. The molecule has 6 aromatic rings. The summed E-state index contributed by atoms with van der Waals surface area (Å²) in [4.78, 5) is 33.1. The molecule has 12 nitrogen and oxygen atoms in total. The summed E-state index contributed by atoms with van der Waals surface area (Å²) in [6.07, 6.45) is 7.03. The zero-order valence-electron chi connectivity index (χ0n) is 38.0. The van der Waals surface area contributed by atoms with Crippen molar-refractivity contribution in [1.29, 1.82) is 0 Å². The molecule has 0 spiro atoms. The molecule has 2 aromatic heterocycles. The molecule has 344 valence electrons. The van der Waals surface area contributed by atoms with Crippen LogP contribution in [0, 0.1) is 11.8 Å². The lowest BCUT2D eigenvalue weighted by Gasteiger charge is -2.27. The molecule has 1 amide bonds. The number of benzene rings is 4. The van der Waals surface area contributed by atoms with Crippen molar-refractivity contribution in [2.45, 2.75) is 78.0 Å². The first-order chi connectivity index (χ1) is 31.0. The number of methoxy groups -OCH3 is 4. The van der Waals surface area contributed by atoms with Crippen LogP contribution in [0.25, 0.3) is 44.1 Å². The maximum Gasteiger partial charge on any atom is 0.410 e. The summed E-state index contributed by atoms with van der Waals surface area (Å²) in [6, 6.07) is 15.8. The van der Waals surface area contributed by atoms with E-state index in [9.17, 15) is 4.79 Å². The second kappa shape index (κ2) is 20.3. The molecule has 0 saturated carbocycles. The van der Waals surface area contributed by atoms with Gasteiger partial charge >= 0.3 is 6.09 Å². The third kappa shape index (κ3) is 10.9. The SMILES string of the molecule is COc1cc(OC)c(Cl)c(-c2ccc3nc(C[C@@H]4CN[C@H](C)C4)ncc3c2)c1Cl.COc1cc(OC)c(Cl)c(-c2ccc3nc(C[C@H]4C[C@@H](C)N(C(=O)OC(C)(C)C)C4)ncc3c2)c1Cl. The van der Waals surface area contributed by atoms with E-state index in [4.69, 9.17) is 80.1 Å². The van der Waals surface area contributed by atoms with Crippen LogP contribution in [0.1, 0.15) is 59.1 Å². The van der Waals surface area contributed by atoms with Gasteiger partial charge in [0.25, 0.3) is 0 Å². The third-order valence-corrected chi connectivity index (χ3v) is 13.2. The van der Waals surface area contributed by atoms with Crippen LogP contribution < -0.4 is 24.3 Å². The number of halogens is 4. The highest BCUT2D eigenvalue weighted by atomic mass is 35.5. The fraction of sp³-hybridized carbons (Fsp3) is 0.408. The predicted molar refractivity (Wildman–Crippen MR) is 260 cm³/mol. The zero-order chi connectivity index (χ0) is 46.7. The van der Waals surface area contributed by atoms with Crippen molar-refractivity contribution in [3.63, 3.8) is 0 Å². The molecule has 1 N–H and O–H groups in total. The van der Waals surface area contributed by atoms with Crippen molar-refractivity contribution in [2.75, 3.05) is 41.5 Å². The Labute approximate surface area is 400 Å². The molecule has 4 aromatic carbocycles. The highest BCUT2D eigenvalue weighted by Gasteiger charge is 2.35. The summed E-state index contributed by atoms with van der Waals surface area (Å²) in [5.41, 5.74) is 4.17. The molecule has 2 fully saturated rings. The van der Waals surface area contributed by atoms with Gasteiger partial charge in [-0.3, -0.25) is 0 Å². The minimum Gasteiger partial charge on any atom is -0.495 e. The minimum absolute atomic E-state index is 0.113. The molecular formula is C49H54Cl4N6O6. The van der Waals surface area contributed by atoms with Gasteiger partial charge in [0.15, 0.2) is 0 Å². The number of ether oxygens (including phenoxy) is 5. The number of likely N-dealkylation sites (tertiary alicyclic amines) is 1. The van der Waals surface area contributed by atoms with E-state index in [1.165, 1.54) is 0 Å². The van der Waals surface area contributed by atoms with Crippen LogP contribution >= 0.6 is 46.4 Å². The standard InChI is InChI=1S/C27H31Cl2N3O4.C22H23Cl2N3O2/c1-15-9-16(14-32(15)26(33)36-27(2,3)4)10-22-30-13-18-11-17(7-8-19(18)31-22)23-24(28)20(34-5)12-21(35-6)25(23)29;1-12-6-13(10-25-12)7-19-26-11-15-8-14(4-5-16(15)27-19)20-21(23)17(28-2)9-18(29-3)22(20)24/h7-8,11-13,15-16H,9-10,14H2,1-6H3;4-5,8-9,11-13,25H,6-7,10H2,1-3H3/t15-,16-;12-,13-/m11/s1. The Morgan fingerprint density at radius 3 is 1.52 bits per heavy atom. The number of fused-ring (bicyclic) bond motifs is 2. The van der Waals surface area contributed by atoms with Crippen molar-refractivity contribution < 1.29 is 28.5 Å². The molecule has 16 heteroatoms. The summed E-state index contributed by atoms with van der Waals surface area (Å²) in [5, 5.41) is 6.97. The van der Waals surface area contributed by atoms with Crippen molar-refractivity contribution in [3.05, 3.63) is 92.7 Å². The minimum atomic E-state index is -0.514. The Morgan fingerprint density at radius 2 is 1.12 bits per heavy atom. The highest BCUT2D eigenvalue weighted by molar-refractivity contribution is 6.42. The lowest BCUT2D eigenvalue weighted by atomic mass is 10.0. The van der Waals surface area contributed by atoms with Gasteiger partial charge in [-0.15, -0.1) is 0 Å². The number of carbonyl (C=O) groups excluding carboxylic acids is 1. The van der Waals surface area contributed by atoms with Crippen LogP contribution in [-0.2, 0) is 17.6 Å². The van der Waals surface area contributed by atoms with E-state index in [-0.39, 0.29) is 18.1 Å². The molecule has 65 heavy (non-hydrogen) atoms. The van der Waals surface area contributed by atoms with Gasteiger partial charge in [-0.05, 0) is 101 Å². The molecule has 4 heterocycles. The number of carbonyl (C=O) groups is 1. The van der Waals surface area contributed by atoms with Crippen LogP contribution in [0.15, 0.2) is 60.9 Å². The Bertz CT molecular complexity index is 2660. The first kappa shape index (κ1) is 48.1. The summed E-state index contributed by atoms with van der Waals surface area (Å²) >= 11 is 26.3. The normalized spacial score (nSPS) is 18.4. The summed E-state index contributed by atoms with van der Waals surface area (Å²) < 4.78 is 27.1. The van der Waals surface area contributed by atoms with Gasteiger partial charge in [-0.25, -0.2) is 24.7 Å². The molecule has 0 aliphatic carbocycles. The number of hydrogen-bond acceptors (Lipinski definition) is 11. The molecule has 0 unspecified atom stereocenters. The molecule has 0 radical (unpaired) electrons. The van der Waals surface area contributed by atoms with E-state index in [0.29, 0.717) is 79.1 Å². The van der Waals surface area contributed by atoms with E-state index in [1.807, 2.05) is 69.6 Å². The largest absolute Gasteiger partial charge is 0.495 e. The van der Waals surface area contributed by atoms with Gasteiger partial charge in [-0.1, -0.05) is 58.5 Å². The second-order valence-corrected chi connectivity index (χ2v) is 19.1. The monoisotopic (exact) mass is 962 g/mol. The van der Waals surface area contributed by atoms with Crippen molar-refractivity contribution in [2.24, 2.45) is 11.8 Å². The smallest absolute Gasteiger partial charge is 0.410 e. The van der Waals surface area contributed by atoms with Gasteiger partial charge in [0.2, 0.25) is 0 Å². The number of nitrogens with one attached hydrogen (secondary N) is 1. The van der Waals surface area contributed by atoms with E-state index >= 15 is 0 Å². The number of aromatic nitrogens is 4. The van der Waals surface area contributed by atoms with Crippen molar-refractivity contribution in [3.8, 4) is 45.3 Å². The number of rotatable bonds is 10. The first-order valence-corrected chi connectivity index (χ1v) is 23.0. The Balaban J connectivity index is 0.000000198. The van der Waals surface area contributed by atoms with Crippen LogP contribution in [-0.4, -0.2) is 90.1 Å². The van der Waals surface area contributed by atoms with E-state index in [2.05, 4.69) is 29.1 Å². The summed E-state index contributed by atoms with van der Waals surface area (Å²) in [7, 11) is 6.22. The number of amides is 1. The van der Waals surface area contributed by atoms with Crippen molar-refractivity contribution >= 4 is 74.3 Å². The molecule has 2 aliphatic rings. The maximum absolute atomic E-state index is 12.6. The molecule has 2 saturated heterocycles. The number of nitrogens with zero attached hydrogens (tertiary/aromatic N) is 5. The lowest BCUT2D eigenvalue weighted by Crippen LogP contribution is -2.38. The van der Waals surface area contributed by atoms with Gasteiger partial charge in [-0.2, -0.15) is 0 Å². The molecule has 8 rings (SSSR count). The van der Waals surface area contributed by atoms with Crippen LogP contribution in [0.2, 0.25) is 20.1 Å². The van der Waals surface area contributed by atoms with Gasteiger partial charge in [0, 0.05) is 77.9 Å². The van der Waals surface area contributed by atoms with E-state index < -0.39 is 5.60 Å². The van der Waals surface area contributed by atoms with Gasteiger partial charge in [0.1, 0.15) is 40.2 Å². The Kier molecular flexibility index (Phi) is 15.1. The van der Waals surface area contributed by atoms with E-state index in [1.54, 1.807) is 45.5 Å². The quantitative estimate of drug-likeness (QED) is 0.141. The molecule has 2 aliphatic heterocycles. The highest BCUT2D eigenvalue weighted by Crippen LogP contribution is 2.48. The predicted octanol–water partition coefficient (Wildman–Crippen LogP) is 12.0. The van der Waals surface area contributed by atoms with Crippen LogP contribution in [0.5, 0.6) is 23.0 Å². The molecule has 4 atom stereocenters. The Hall–Kier alpha value is -4.85. The fourth-order valence-electron chi connectivity index (χ4n) is 8.50. The average molecular weight is 965 g/mol. The average Bonchev–Trinajstić information content (AvgIpc) is 3.86. The van der Waals surface area contributed by atoms with Crippen molar-refractivity contribution in [1.82, 2.24) is 30.2 Å². The van der Waals surface area contributed by atoms with E-state index in [0.717, 1.165) is 70.4 Å². The topological polar surface area (TPSA) is 130 Å². The second-order valence-electron chi connectivity index (χ2n) is 17.6. The van der Waals surface area contributed by atoms with Crippen LogP contribution in [0.3, 0.4) is 0 Å². The van der Waals surface area contributed by atoms with Gasteiger partial charge in [0.05, 0.1) is 59.6 Å². The lowest BCUT2D eigenvalue weighted by molar-refractivity contribution is 0.0233. The zero-order valence-corrected chi connectivity index (χ0v) is 41.0. The first-order valence-electron chi connectivity index (χ1n) is 21.5.